The van der Waals surface area contributed by atoms with Gasteiger partial charge in [-0.05, 0) is 37.0 Å². The molecule has 0 aromatic heterocycles. The van der Waals surface area contributed by atoms with Gasteiger partial charge >= 0.3 is 5.97 Å². The number of primary amides is 1. The molecular weight excluding hydrogens is 324 g/mol. The maximum Gasteiger partial charge on any atom is 0.303 e. The number of benzene rings is 1. The summed E-state index contributed by atoms with van der Waals surface area (Å²) in [5, 5.41) is 11.8. The highest BCUT2D eigenvalue weighted by Crippen LogP contribution is 2.21. The summed E-state index contributed by atoms with van der Waals surface area (Å²) in [6.45, 7) is 2.68. The number of hydrogen-bond acceptors (Lipinski definition) is 3. The molecule has 0 saturated carbocycles. The van der Waals surface area contributed by atoms with Gasteiger partial charge in [0, 0.05) is 23.1 Å². The number of amides is 1. The van der Waals surface area contributed by atoms with E-state index in [1.54, 1.807) is 12.1 Å². The summed E-state index contributed by atoms with van der Waals surface area (Å²) in [5.74, 6) is -0.936. The van der Waals surface area contributed by atoms with Crippen molar-refractivity contribution in [1.29, 1.82) is 0 Å². The van der Waals surface area contributed by atoms with Crippen molar-refractivity contribution in [3.05, 3.63) is 28.2 Å². The van der Waals surface area contributed by atoms with E-state index in [0.717, 1.165) is 10.9 Å². The quantitative estimate of drug-likeness (QED) is 0.677. The summed E-state index contributed by atoms with van der Waals surface area (Å²) in [6, 6.07) is 5.24. The molecule has 1 unspecified atom stereocenters. The van der Waals surface area contributed by atoms with Gasteiger partial charge in [0.05, 0.1) is 5.56 Å². The average molecular weight is 343 g/mol. The number of hydrogen-bond donors (Lipinski definition) is 3. The SMILES string of the molecule is CC(CCNc1cc(Br)ccc1C(N)=O)CCC(=O)O. The maximum atomic E-state index is 11.3. The molecule has 1 amide bonds. The number of nitrogens with one attached hydrogen (secondary N) is 1. The molecule has 0 radical (unpaired) electrons. The van der Waals surface area contributed by atoms with Crippen LogP contribution in [0.25, 0.3) is 0 Å². The van der Waals surface area contributed by atoms with Gasteiger partial charge in [-0.2, -0.15) is 0 Å². The minimum absolute atomic E-state index is 0.185. The van der Waals surface area contributed by atoms with Crippen LogP contribution in [0, 0.1) is 5.92 Å². The van der Waals surface area contributed by atoms with Gasteiger partial charge in [0.25, 0.3) is 5.91 Å². The predicted octanol–water partition coefficient (Wildman–Crippen LogP) is 2.85. The third-order valence-corrected chi connectivity index (χ3v) is 3.54. The number of rotatable bonds is 8. The van der Waals surface area contributed by atoms with Gasteiger partial charge in [-0.1, -0.05) is 22.9 Å². The molecule has 0 fully saturated rings. The van der Waals surface area contributed by atoms with Crippen LogP contribution in [-0.2, 0) is 4.79 Å². The molecule has 0 heterocycles. The van der Waals surface area contributed by atoms with E-state index in [0.29, 0.717) is 30.1 Å². The molecule has 0 aliphatic carbocycles. The van der Waals surface area contributed by atoms with Gasteiger partial charge in [0.15, 0.2) is 0 Å². The highest BCUT2D eigenvalue weighted by Gasteiger charge is 2.09. The molecule has 4 N–H and O–H groups in total. The Morgan fingerprint density at radius 3 is 2.70 bits per heavy atom. The molecule has 1 aromatic carbocycles. The van der Waals surface area contributed by atoms with E-state index < -0.39 is 11.9 Å². The second kappa shape index (κ2) is 7.89. The number of halogens is 1. The fourth-order valence-electron chi connectivity index (χ4n) is 1.85. The molecule has 0 aliphatic rings. The molecule has 0 spiro atoms. The fraction of sp³-hybridized carbons (Fsp3) is 0.429. The minimum atomic E-state index is -0.771. The first-order valence-corrected chi connectivity index (χ1v) is 7.24. The average Bonchev–Trinajstić information content (AvgIpc) is 2.36. The molecule has 5 nitrogen and oxygen atoms in total. The highest BCUT2D eigenvalue weighted by molar-refractivity contribution is 9.10. The van der Waals surface area contributed by atoms with E-state index >= 15 is 0 Å². The van der Waals surface area contributed by atoms with Gasteiger partial charge in [-0.25, -0.2) is 0 Å². The first-order valence-electron chi connectivity index (χ1n) is 6.45. The van der Waals surface area contributed by atoms with E-state index in [-0.39, 0.29) is 6.42 Å². The van der Waals surface area contributed by atoms with Gasteiger partial charge in [-0.15, -0.1) is 0 Å². The van der Waals surface area contributed by atoms with E-state index in [1.165, 1.54) is 0 Å². The van der Waals surface area contributed by atoms with Crippen LogP contribution in [0.3, 0.4) is 0 Å². The van der Waals surface area contributed by atoms with Gasteiger partial charge < -0.3 is 16.2 Å². The molecule has 1 rings (SSSR count). The number of carboxylic acids is 1. The first kappa shape index (κ1) is 16.5. The predicted molar refractivity (Wildman–Crippen MR) is 81.8 cm³/mol. The van der Waals surface area contributed by atoms with Crippen LogP contribution in [-0.4, -0.2) is 23.5 Å². The topological polar surface area (TPSA) is 92.4 Å². The van der Waals surface area contributed by atoms with Crippen LogP contribution in [0.1, 0.15) is 36.5 Å². The lowest BCUT2D eigenvalue weighted by molar-refractivity contribution is -0.137. The zero-order valence-electron chi connectivity index (χ0n) is 11.4. The Labute approximate surface area is 126 Å². The second-order valence-corrected chi connectivity index (χ2v) is 5.72. The number of anilines is 1. The maximum absolute atomic E-state index is 11.3. The van der Waals surface area contributed by atoms with E-state index in [9.17, 15) is 9.59 Å². The Morgan fingerprint density at radius 2 is 2.10 bits per heavy atom. The van der Waals surface area contributed by atoms with Crippen molar-refractivity contribution in [2.45, 2.75) is 26.2 Å². The number of aliphatic carboxylic acids is 1. The van der Waals surface area contributed by atoms with Crippen molar-refractivity contribution >= 4 is 33.5 Å². The summed E-state index contributed by atoms with van der Waals surface area (Å²) >= 11 is 3.35. The molecule has 0 bridgehead atoms. The minimum Gasteiger partial charge on any atom is -0.481 e. The van der Waals surface area contributed by atoms with Crippen LogP contribution < -0.4 is 11.1 Å². The monoisotopic (exact) mass is 342 g/mol. The Kier molecular flexibility index (Phi) is 6.51. The van der Waals surface area contributed by atoms with Gasteiger partial charge in [0.2, 0.25) is 0 Å². The third-order valence-electron chi connectivity index (χ3n) is 3.05. The summed E-state index contributed by atoms with van der Waals surface area (Å²) in [7, 11) is 0. The molecule has 110 valence electrons. The Morgan fingerprint density at radius 1 is 1.40 bits per heavy atom. The first-order chi connectivity index (χ1) is 9.40. The highest BCUT2D eigenvalue weighted by atomic mass is 79.9. The third kappa shape index (κ3) is 5.61. The van der Waals surface area contributed by atoms with E-state index in [2.05, 4.69) is 21.2 Å². The molecule has 1 aromatic rings. The largest absolute Gasteiger partial charge is 0.481 e. The smallest absolute Gasteiger partial charge is 0.303 e. The van der Waals surface area contributed by atoms with Crippen molar-refractivity contribution in [2.24, 2.45) is 11.7 Å². The van der Waals surface area contributed by atoms with Crippen molar-refractivity contribution in [1.82, 2.24) is 0 Å². The summed E-state index contributed by atoms with van der Waals surface area (Å²) in [5.41, 5.74) is 6.46. The molecule has 20 heavy (non-hydrogen) atoms. The van der Waals surface area contributed by atoms with Crippen LogP contribution in [0.4, 0.5) is 5.69 Å². The van der Waals surface area contributed by atoms with Gasteiger partial charge in [0.1, 0.15) is 0 Å². The van der Waals surface area contributed by atoms with Gasteiger partial charge in [-0.3, -0.25) is 9.59 Å². The Hall–Kier alpha value is -1.56. The van der Waals surface area contributed by atoms with Crippen molar-refractivity contribution < 1.29 is 14.7 Å². The number of carboxylic acid groups (broad SMARTS) is 1. The Bertz CT molecular complexity index is 491. The molecule has 0 aliphatic heterocycles. The lowest BCUT2D eigenvalue weighted by Crippen LogP contribution is -2.15. The normalized spacial score (nSPS) is 11.9. The van der Waals surface area contributed by atoms with Crippen LogP contribution >= 0.6 is 15.9 Å². The van der Waals surface area contributed by atoms with Crippen LogP contribution in [0.5, 0.6) is 0 Å². The number of carbonyl (C=O) groups is 2. The molecular formula is C14H19BrN2O3. The zero-order valence-corrected chi connectivity index (χ0v) is 12.9. The molecule has 1 atom stereocenters. The van der Waals surface area contributed by atoms with Crippen molar-refractivity contribution in [2.75, 3.05) is 11.9 Å². The van der Waals surface area contributed by atoms with E-state index in [4.69, 9.17) is 10.8 Å². The molecule has 0 saturated heterocycles. The standard InChI is InChI=1S/C14H19BrN2O3/c1-9(2-5-13(18)19)6-7-17-12-8-10(15)3-4-11(12)14(16)20/h3-4,8-9,17H,2,5-7H2,1H3,(H2,16,20)(H,18,19). The molecule has 6 heteroatoms. The Balaban J connectivity index is 2.51. The van der Waals surface area contributed by atoms with Crippen molar-refractivity contribution in [3.63, 3.8) is 0 Å². The number of nitrogens with two attached hydrogens (primary N) is 1. The van der Waals surface area contributed by atoms with Crippen molar-refractivity contribution in [3.8, 4) is 0 Å². The lowest BCUT2D eigenvalue weighted by Gasteiger charge is -2.13. The zero-order chi connectivity index (χ0) is 15.1. The summed E-state index contributed by atoms with van der Waals surface area (Å²) in [6.07, 6.45) is 1.67. The summed E-state index contributed by atoms with van der Waals surface area (Å²) in [4.78, 5) is 21.8. The lowest BCUT2D eigenvalue weighted by atomic mass is 10.0. The van der Waals surface area contributed by atoms with E-state index in [1.807, 2.05) is 13.0 Å². The van der Waals surface area contributed by atoms with Crippen LogP contribution in [0.2, 0.25) is 0 Å². The number of carbonyl (C=O) groups excluding carboxylic acids is 1. The summed E-state index contributed by atoms with van der Waals surface area (Å²) < 4.78 is 0.865. The second-order valence-electron chi connectivity index (χ2n) is 4.81. The van der Waals surface area contributed by atoms with Crippen LogP contribution in [0.15, 0.2) is 22.7 Å². The fourth-order valence-corrected chi connectivity index (χ4v) is 2.21.